The molecule has 0 fully saturated rings. The average molecular weight is 454 g/mol. The van der Waals surface area contributed by atoms with Crippen molar-refractivity contribution in [2.75, 3.05) is 7.11 Å². The molecule has 0 saturated heterocycles. The minimum atomic E-state index is -4.45. The quantitative estimate of drug-likeness (QED) is 0.378. The van der Waals surface area contributed by atoms with E-state index in [1.165, 1.54) is 24.3 Å². The molecule has 0 N–H and O–H groups in total. The predicted molar refractivity (Wildman–Crippen MR) is 86.2 cm³/mol. The highest BCUT2D eigenvalue weighted by molar-refractivity contribution is 14.1. The number of alkyl halides is 3. The summed E-state index contributed by atoms with van der Waals surface area (Å²) in [5.41, 5.74) is -0.938. The Morgan fingerprint density at radius 1 is 1.21 bits per heavy atom. The molecule has 0 radical (unpaired) electrons. The highest BCUT2D eigenvalue weighted by Gasteiger charge is 2.31. The van der Waals surface area contributed by atoms with Gasteiger partial charge >= 0.3 is 12.1 Å². The molecule has 2 aromatic carbocycles. The van der Waals surface area contributed by atoms with Crippen molar-refractivity contribution >= 4 is 28.6 Å². The zero-order valence-electron chi connectivity index (χ0n) is 12.3. The van der Waals surface area contributed by atoms with Crippen molar-refractivity contribution in [1.82, 2.24) is 0 Å². The van der Waals surface area contributed by atoms with Crippen LogP contribution in [0, 0.1) is 9.39 Å². The van der Waals surface area contributed by atoms with E-state index in [0.29, 0.717) is 0 Å². The number of halogens is 5. The van der Waals surface area contributed by atoms with Crippen LogP contribution in [0.25, 0.3) is 0 Å². The number of carbonyl (C=O) groups excluding carboxylic acids is 1. The molecule has 0 aromatic heterocycles. The van der Waals surface area contributed by atoms with Crippen molar-refractivity contribution < 1.29 is 31.8 Å². The first-order valence-corrected chi connectivity index (χ1v) is 7.67. The van der Waals surface area contributed by atoms with Gasteiger partial charge in [0.05, 0.1) is 21.8 Å². The van der Waals surface area contributed by atoms with Gasteiger partial charge in [-0.15, -0.1) is 0 Å². The largest absolute Gasteiger partial charge is 0.488 e. The van der Waals surface area contributed by atoms with Crippen LogP contribution < -0.4 is 4.74 Å². The Kier molecular flexibility index (Phi) is 5.68. The third kappa shape index (κ3) is 4.16. The van der Waals surface area contributed by atoms with E-state index in [0.717, 1.165) is 19.2 Å². The smallest absolute Gasteiger partial charge is 0.416 e. The number of rotatable bonds is 4. The van der Waals surface area contributed by atoms with Gasteiger partial charge < -0.3 is 9.47 Å². The van der Waals surface area contributed by atoms with E-state index >= 15 is 0 Å². The van der Waals surface area contributed by atoms with E-state index in [1.807, 2.05) is 0 Å². The lowest BCUT2D eigenvalue weighted by Crippen LogP contribution is -2.09. The summed E-state index contributed by atoms with van der Waals surface area (Å²) in [5, 5.41) is 0. The maximum absolute atomic E-state index is 14.2. The van der Waals surface area contributed by atoms with Gasteiger partial charge in [0.1, 0.15) is 18.2 Å². The van der Waals surface area contributed by atoms with Crippen molar-refractivity contribution in [1.29, 1.82) is 0 Å². The first-order chi connectivity index (χ1) is 11.2. The number of esters is 1. The van der Waals surface area contributed by atoms with Crippen molar-refractivity contribution in [3.05, 3.63) is 62.5 Å². The van der Waals surface area contributed by atoms with Crippen LogP contribution in [0.2, 0.25) is 0 Å². The minimum Gasteiger partial charge on any atom is -0.488 e. The van der Waals surface area contributed by atoms with Gasteiger partial charge in [-0.1, -0.05) is 12.1 Å². The molecule has 8 heteroatoms. The number of methoxy groups -OCH3 is 1. The third-order valence-corrected chi connectivity index (χ3v) is 3.97. The van der Waals surface area contributed by atoms with Gasteiger partial charge in [0, 0.05) is 5.56 Å². The standard InChI is InChI=1S/C16H11F4IO3/c1-23-15(22)11-4-2-3-9(14(11)17)8-24-13-6-5-10(7-12(13)21)16(18,19)20/h2-7H,8H2,1H3. The summed E-state index contributed by atoms with van der Waals surface area (Å²) in [7, 11) is 1.13. The van der Waals surface area contributed by atoms with Crippen LogP contribution in [0.3, 0.4) is 0 Å². The maximum Gasteiger partial charge on any atom is 0.416 e. The van der Waals surface area contributed by atoms with Crippen molar-refractivity contribution in [3.63, 3.8) is 0 Å². The third-order valence-electron chi connectivity index (χ3n) is 3.13. The molecule has 0 atom stereocenters. The zero-order chi connectivity index (χ0) is 17.9. The Morgan fingerprint density at radius 3 is 2.50 bits per heavy atom. The van der Waals surface area contributed by atoms with E-state index in [-0.39, 0.29) is 27.1 Å². The van der Waals surface area contributed by atoms with Gasteiger partial charge in [0.2, 0.25) is 0 Å². The van der Waals surface area contributed by atoms with Crippen LogP contribution in [0.1, 0.15) is 21.5 Å². The summed E-state index contributed by atoms with van der Waals surface area (Å²) in [6, 6.07) is 7.15. The molecular weight excluding hydrogens is 443 g/mol. The van der Waals surface area contributed by atoms with Gasteiger partial charge in [0.15, 0.2) is 0 Å². The Morgan fingerprint density at radius 2 is 1.92 bits per heavy atom. The fraction of sp³-hybridized carbons (Fsp3) is 0.188. The molecule has 0 amide bonds. The van der Waals surface area contributed by atoms with Crippen LogP contribution >= 0.6 is 22.6 Å². The highest BCUT2D eigenvalue weighted by Crippen LogP contribution is 2.33. The fourth-order valence-corrected chi connectivity index (χ4v) is 2.58. The van der Waals surface area contributed by atoms with E-state index < -0.39 is 23.5 Å². The van der Waals surface area contributed by atoms with Gasteiger partial charge in [-0.05, 0) is 46.9 Å². The predicted octanol–water partition coefficient (Wildman–Crippen LogP) is 4.81. The summed E-state index contributed by atoms with van der Waals surface area (Å²) in [6.45, 7) is -0.238. The molecule has 0 aliphatic heterocycles. The molecule has 3 nitrogen and oxygen atoms in total. The molecular formula is C16H11F4IO3. The van der Waals surface area contributed by atoms with Gasteiger partial charge in [-0.2, -0.15) is 13.2 Å². The number of hydrogen-bond donors (Lipinski definition) is 0. The Balaban J connectivity index is 2.19. The number of carbonyl (C=O) groups is 1. The zero-order valence-corrected chi connectivity index (χ0v) is 14.4. The summed E-state index contributed by atoms with van der Waals surface area (Å²) < 4.78 is 62.1. The molecule has 0 bridgehead atoms. The van der Waals surface area contributed by atoms with Crippen LogP contribution in [0.15, 0.2) is 36.4 Å². The molecule has 128 valence electrons. The molecule has 0 aliphatic carbocycles. The second-order valence-corrected chi connectivity index (χ2v) is 5.86. The van der Waals surface area contributed by atoms with E-state index in [9.17, 15) is 22.4 Å². The Bertz CT molecular complexity index is 759. The van der Waals surface area contributed by atoms with Crippen LogP contribution in [0.4, 0.5) is 17.6 Å². The van der Waals surface area contributed by atoms with E-state index in [4.69, 9.17) is 4.74 Å². The first kappa shape index (κ1) is 18.5. The normalized spacial score (nSPS) is 11.2. The molecule has 0 heterocycles. The summed E-state index contributed by atoms with van der Waals surface area (Å²) >= 11 is 1.71. The number of benzene rings is 2. The molecule has 0 unspecified atom stereocenters. The van der Waals surface area contributed by atoms with Crippen molar-refractivity contribution in [2.24, 2.45) is 0 Å². The molecule has 24 heavy (non-hydrogen) atoms. The lowest BCUT2D eigenvalue weighted by Gasteiger charge is -2.12. The summed E-state index contributed by atoms with van der Waals surface area (Å²) in [5.74, 6) is -1.42. The van der Waals surface area contributed by atoms with E-state index in [1.54, 1.807) is 22.6 Å². The number of hydrogen-bond acceptors (Lipinski definition) is 3. The van der Waals surface area contributed by atoms with E-state index in [2.05, 4.69) is 4.74 Å². The summed E-state index contributed by atoms with van der Waals surface area (Å²) in [6.07, 6.45) is -4.45. The minimum absolute atomic E-state index is 0.0913. The van der Waals surface area contributed by atoms with Crippen LogP contribution in [-0.4, -0.2) is 13.1 Å². The Hall–Kier alpha value is -1.84. The highest BCUT2D eigenvalue weighted by atomic mass is 127. The topological polar surface area (TPSA) is 35.5 Å². The Labute approximate surface area is 148 Å². The average Bonchev–Trinajstić information content (AvgIpc) is 2.53. The van der Waals surface area contributed by atoms with Gasteiger partial charge in [-0.3, -0.25) is 0 Å². The second kappa shape index (κ2) is 7.37. The van der Waals surface area contributed by atoms with Crippen molar-refractivity contribution in [2.45, 2.75) is 12.8 Å². The fourth-order valence-electron chi connectivity index (χ4n) is 1.91. The molecule has 0 spiro atoms. The van der Waals surface area contributed by atoms with Gasteiger partial charge in [0.25, 0.3) is 0 Å². The second-order valence-electron chi connectivity index (χ2n) is 4.70. The summed E-state index contributed by atoms with van der Waals surface area (Å²) in [4.78, 5) is 11.4. The molecule has 2 aromatic rings. The number of ether oxygens (including phenoxy) is 2. The SMILES string of the molecule is COC(=O)c1cccc(COc2ccc(C(F)(F)F)cc2I)c1F. The first-order valence-electron chi connectivity index (χ1n) is 6.59. The molecule has 2 rings (SSSR count). The lowest BCUT2D eigenvalue weighted by molar-refractivity contribution is -0.137. The van der Waals surface area contributed by atoms with Crippen molar-refractivity contribution in [3.8, 4) is 5.75 Å². The van der Waals surface area contributed by atoms with Crippen LogP contribution in [-0.2, 0) is 17.5 Å². The maximum atomic E-state index is 14.2. The molecule has 0 saturated carbocycles. The van der Waals surface area contributed by atoms with Gasteiger partial charge in [-0.25, -0.2) is 9.18 Å². The lowest BCUT2D eigenvalue weighted by atomic mass is 10.1. The monoisotopic (exact) mass is 454 g/mol. The molecule has 0 aliphatic rings. The van der Waals surface area contributed by atoms with Crippen LogP contribution in [0.5, 0.6) is 5.75 Å².